The van der Waals surface area contributed by atoms with Gasteiger partial charge in [-0.15, -0.1) is 24.8 Å². The third-order valence-electron chi connectivity index (χ3n) is 4.50. The van der Waals surface area contributed by atoms with Gasteiger partial charge in [-0.2, -0.15) is 13.2 Å². The average molecular weight is 387 g/mol. The second kappa shape index (κ2) is 8.61. The van der Waals surface area contributed by atoms with Crippen molar-refractivity contribution >= 4 is 24.8 Å². The van der Waals surface area contributed by atoms with Crippen LogP contribution in [-0.2, 0) is 6.18 Å². The number of nitrogens with one attached hydrogen (secondary N) is 1. The molecule has 1 aromatic carbocycles. The second-order valence-corrected chi connectivity index (χ2v) is 6.02. The lowest BCUT2D eigenvalue weighted by Crippen LogP contribution is -2.46. The quantitative estimate of drug-likeness (QED) is 0.848. The van der Waals surface area contributed by atoms with Crippen LogP contribution in [0.3, 0.4) is 0 Å². The molecule has 8 heteroatoms. The molecule has 24 heavy (non-hydrogen) atoms. The number of halogens is 5. The van der Waals surface area contributed by atoms with Crippen molar-refractivity contribution in [2.45, 2.75) is 25.1 Å². The average Bonchev–Trinajstić information content (AvgIpc) is 3.33. The molecule has 1 heterocycles. The minimum Gasteiger partial charge on any atom is -0.497 e. The summed E-state index contributed by atoms with van der Waals surface area (Å²) in [6.07, 6.45) is -2.33. The predicted molar refractivity (Wildman–Crippen MR) is 92.4 cm³/mol. The predicted octanol–water partition coefficient (Wildman–Crippen LogP) is 3.91. The number of benzene rings is 1. The fourth-order valence-corrected chi connectivity index (χ4v) is 3.29. The number of hydrogen-bond acceptors (Lipinski definition) is 3. The minimum absolute atomic E-state index is 0. The van der Waals surface area contributed by atoms with Crippen molar-refractivity contribution in [2.75, 3.05) is 33.3 Å². The molecule has 138 valence electrons. The highest BCUT2D eigenvalue weighted by atomic mass is 35.5. The zero-order valence-electron chi connectivity index (χ0n) is 13.4. The van der Waals surface area contributed by atoms with E-state index >= 15 is 0 Å². The summed E-state index contributed by atoms with van der Waals surface area (Å²) in [5.41, 5.74) is -0.153. The van der Waals surface area contributed by atoms with E-state index in [1.165, 1.54) is 7.11 Å². The van der Waals surface area contributed by atoms with Gasteiger partial charge >= 0.3 is 6.18 Å². The Balaban J connectivity index is 0.00000144. The van der Waals surface area contributed by atoms with E-state index in [0.29, 0.717) is 11.5 Å². The summed E-state index contributed by atoms with van der Waals surface area (Å²) < 4.78 is 45.5. The Hall–Kier alpha value is -0.690. The SMILES string of the molecule is COc1ccc([C@H](C2CC2)N2CCNCC2)c(C(F)(F)F)c1.Cl.Cl. The first-order chi connectivity index (χ1) is 10.5. The minimum atomic E-state index is -4.36. The summed E-state index contributed by atoms with van der Waals surface area (Å²) in [7, 11) is 1.39. The van der Waals surface area contributed by atoms with Crippen LogP contribution in [0.15, 0.2) is 18.2 Å². The summed E-state index contributed by atoms with van der Waals surface area (Å²) >= 11 is 0. The third kappa shape index (κ3) is 4.69. The smallest absolute Gasteiger partial charge is 0.416 e. The highest BCUT2D eigenvalue weighted by molar-refractivity contribution is 5.85. The van der Waals surface area contributed by atoms with Crippen LogP contribution in [0.2, 0.25) is 0 Å². The first-order valence-electron chi connectivity index (χ1n) is 7.70. The standard InChI is InChI=1S/C16H21F3N2O.2ClH/c1-22-12-4-5-13(14(10-12)16(17,18)19)15(11-2-3-11)21-8-6-20-7-9-21;;/h4-5,10-11,15,20H,2-3,6-9H2,1H3;2*1H/t15-;;/m0../s1. The van der Waals surface area contributed by atoms with E-state index in [1.54, 1.807) is 12.1 Å². The van der Waals surface area contributed by atoms with Crippen LogP contribution in [-0.4, -0.2) is 38.2 Å². The summed E-state index contributed by atoms with van der Waals surface area (Å²) in [5, 5.41) is 3.26. The fourth-order valence-electron chi connectivity index (χ4n) is 3.29. The number of piperazine rings is 1. The molecule has 2 aliphatic rings. The van der Waals surface area contributed by atoms with E-state index < -0.39 is 11.7 Å². The Morgan fingerprint density at radius 1 is 1.17 bits per heavy atom. The van der Waals surface area contributed by atoms with E-state index in [0.717, 1.165) is 45.1 Å². The van der Waals surface area contributed by atoms with Crippen LogP contribution in [0.4, 0.5) is 13.2 Å². The summed E-state index contributed by atoms with van der Waals surface area (Å²) in [6, 6.07) is 4.24. The Morgan fingerprint density at radius 2 is 1.79 bits per heavy atom. The summed E-state index contributed by atoms with van der Waals surface area (Å²) in [5.74, 6) is 0.596. The first kappa shape index (κ1) is 21.4. The van der Waals surface area contributed by atoms with Gasteiger partial charge in [-0.1, -0.05) is 6.07 Å². The normalized spacial score (nSPS) is 19.8. The molecule has 0 radical (unpaired) electrons. The van der Waals surface area contributed by atoms with Crippen molar-refractivity contribution in [3.8, 4) is 5.75 Å². The third-order valence-corrected chi connectivity index (χ3v) is 4.50. The van der Waals surface area contributed by atoms with E-state index in [1.807, 2.05) is 0 Å². The van der Waals surface area contributed by atoms with E-state index in [4.69, 9.17) is 4.74 Å². The van der Waals surface area contributed by atoms with Crippen LogP contribution < -0.4 is 10.1 Å². The molecule has 0 spiro atoms. The van der Waals surface area contributed by atoms with Crippen LogP contribution in [0, 0.1) is 5.92 Å². The van der Waals surface area contributed by atoms with Gasteiger partial charge in [0, 0.05) is 32.2 Å². The number of hydrogen-bond donors (Lipinski definition) is 1. The lowest BCUT2D eigenvalue weighted by Gasteiger charge is -2.36. The van der Waals surface area contributed by atoms with Gasteiger partial charge in [-0.05, 0) is 36.5 Å². The Kier molecular flexibility index (Phi) is 7.66. The molecule has 1 aliphatic carbocycles. The second-order valence-electron chi connectivity index (χ2n) is 6.02. The number of rotatable bonds is 4. The van der Waals surface area contributed by atoms with E-state index in [9.17, 15) is 13.2 Å². The van der Waals surface area contributed by atoms with Crippen molar-refractivity contribution < 1.29 is 17.9 Å². The van der Waals surface area contributed by atoms with Crippen LogP contribution in [0.1, 0.15) is 30.0 Å². The number of ether oxygens (including phenoxy) is 1. The lowest BCUT2D eigenvalue weighted by atomic mass is 9.94. The zero-order valence-corrected chi connectivity index (χ0v) is 15.1. The molecule has 0 amide bonds. The van der Waals surface area contributed by atoms with Crippen molar-refractivity contribution in [3.63, 3.8) is 0 Å². The molecule has 1 saturated carbocycles. The highest BCUT2D eigenvalue weighted by Crippen LogP contribution is 2.48. The number of nitrogens with zero attached hydrogens (tertiary/aromatic N) is 1. The van der Waals surface area contributed by atoms with Gasteiger partial charge in [-0.25, -0.2) is 0 Å². The van der Waals surface area contributed by atoms with Crippen LogP contribution in [0.25, 0.3) is 0 Å². The summed E-state index contributed by atoms with van der Waals surface area (Å²) in [6.45, 7) is 3.26. The molecule has 3 nitrogen and oxygen atoms in total. The molecule has 1 aromatic rings. The molecule has 1 aliphatic heterocycles. The van der Waals surface area contributed by atoms with Crippen molar-refractivity contribution in [1.29, 1.82) is 0 Å². The van der Waals surface area contributed by atoms with Gasteiger partial charge in [0.1, 0.15) is 5.75 Å². The molecule has 0 aromatic heterocycles. The zero-order chi connectivity index (χ0) is 15.7. The van der Waals surface area contributed by atoms with Crippen molar-refractivity contribution in [3.05, 3.63) is 29.3 Å². The lowest BCUT2D eigenvalue weighted by molar-refractivity contribution is -0.139. The van der Waals surface area contributed by atoms with E-state index in [-0.39, 0.29) is 36.6 Å². The van der Waals surface area contributed by atoms with Crippen LogP contribution in [0.5, 0.6) is 5.75 Å². The maximum Gasteiger partial charge on any atom is 0.416 e. The Morgan fingerprint density at radius 3 is 2.29 bits per heavy atom. The topological polar surface area (TPSA) is 24.5 Å². The van der Waals surface area contributed by atoms with Gasteiger partial charge in [0.2, 0.25) is 0 Å². The van der Waals surface area contributed by atoms with Crippen molar-refractivity contribution in [2.24, 2.45) is 5.92 Å². The molecule has 1 atom stereocenters. The maximum atomic E-state index is 13.5. The van der Waals surface area contributed by atoms with Gasteiger partial charge in [-0.3, -0.25) is 4.90 Å². The maximum absolute atomic E-state index is 13.5. The molecule has 2 fully saturated rings. The number of methoxy groups -OCH3 is 1. The molecule has 3 rings (SSSR count). The summed E-state index contributed by atoms with van der Waals surface area (Å²) in [4.78, 5) is 2.20. The van der Waals surface area contributed by atoms with Gasteiger partial charge < -0.3 is 10.1 Å². The molecule has 0 unspecified atom stereocenters. The van der Waals surface area contributed by atoms with Gasteiger partial charge in [0.15, 0.2) is 0 Å². The first-order valence-corrected chi connectivity index (χ1v) is 7.70. The van der Waals surface area contributed by atoms with E-state index in [2.05, 4.69) is 10.2 Å². The fraction of sp³-hybridized carbons (Fsp3) is 0.625. The van der Waals surface area contributed by atoms with Crippen LogP contribution >= 0.6 is 24.8 Å². The molecular formula is C16H23Cl2F3N2O. The molecule has 1 N–H and O–H groups in total. The van der Waals surface area contributed by atoms with Crippen molar-refractivity contribution in [1.82, 2.24) is 10.2 Å². The highest BCUT2D eigenvalue weighted by Gasteiger charge is 2.42. The Labute approximate surface area is 152 Å². The monoisotopic (exact) mass is 386 g/mol. The van der Waals surface area contributed by atoms with Gasteiger partial charge in [0.25, 0.3) is 0 Å². The van der Waals surface area contributed by atoms with Gasteiger partial charge in [0.05, 0.1) is 12.7 Å². The number of alkyl halides is 3. The largest absolute Gasteiger partial charge is 0.497 e. The molecule has 1 saturated heterocycles. The Bertz CT molecular complexity index is 533. The molecular weight excluding hydrogens is 364 g/mol. The molecule has 0 bridgehead atoms.